The monoisotopic (exact) mass is 240 g/mol. The standard InChI is InChI=1S/C12H24N4O/c1-4-7-13-12(14-8-10-5-6-10)15-9-11(17)16(2)3/h10H,4-9H2,1-3H3,(H2,13,14,15). The highest BCUT2D eigenvalue weighted by atomic mass is 16.2. The Kier molecular flexibility index (Phi) is 5.80. The Morgan fingerprint density at radius 3 is 2.59 bits per heavy atom. The number of aliphatic imine (C=N–C) groups is 1. The molecule has 1 fully saturated rings. The zero-order valence-corrected chi connectivity index (χ0v) is 11.1. The van der Waals surface area contributed by atoms with Gasteiger partial charge >= 0.3 is 0 Å². The molecule has 0 atom stereocenters. The number of nitrogens with zero attached hydrogens (tertiary/aromatic N) is 2. The van der Waals surface area contributed by atoms with Crippen LogP contribution in [0.5, 0.6) is 0 Å². The maximum Gasteiger partial charge on any atom is 0.243 e. The minimum Gasteiger partial charge on any atom is -0.356 e. The van der Waals surface area contributed by atoms with Gasteiger partial charge in [-0.15, -0.1) is 0 Å². The summed E-state index contributed by atoms with van der Waals surface area (Å²) in [6, 6.07) is 0. The van der Waals surface area contributed by atoms with E-state index < -0.39 is 0 Å². The third-order valence-electron chi connectivity index (χ3n) is 2.67. The van der Waals surface area contributed by atoms with Gasteiger partial charge in [0.15, 0.2) is 5.96 Å². The van der Waals surface area contributed by atoms with E-state index in [-0.39, 0.29) is 12.5 Å². The largest absolute Gasteiger partial charge is 0.356 e. The molecule has 0 bridgehead atoms. The maximum absolute atomic E-state index is 11.4. The molecule has 0 radical (unpaired) electrons. The second-order valence-electron chi connectivity index (χ2n) is 4.70. The summed E-state index contributed by atoms with van der Waals surface area (Å²) in [4.78, 5) is 17.3. The van der Waals surface area contributed by atoms with Gasteiger partial charge in [0.1, 0.15) is 6.54 Å². The summed E-state index contributed by atoms with van der Waals surface area (Å²) in [6.07, 6.45) is 3.67. The molecule has 0 heterocycles. The van der Waals surface area contributed by atoms with E-state index in [0.717, 1.165) is 31.4 Å². The van der Waals surface area contributed by atoms with Gasteiger partial charge in [-0.05, 0) is 25.2 Å². The van der Waals surface area contributed by atoms with Crippen molar-refractivity contribution in [3.63, 3.8) is 0 Å². The van der Waals surface area contributed by atoms with Crippen molar-refractivity contribution in [1.29, 1.82) is 0 Å². The van der Waals surface area contributed by atoms with Crippen LogP contribution in [0.4, 0.5) is 0 Å². The molecule has 1 amide bonds. The molecule has 0 spiro atoms. The third kappa shape index (κ3) is 6.14. The van der Waals surface area contributed by atoms with Crippen molar-refractivity contribution in [3.8, 4) is 0 Å². The second kappa shape index (κ2) is 7.14. The van der Waals surface area contributed by atoms with E-state index in [1.165, 1.54) is 12.8 Å². The lowest BCUT2D eigenvalue weighted by atomic mass is 10.4. The van der Waals surface area contributed by atoms with Gasteiger partial charge in [-0.25, -0.2) is 4.99 Å². The summed E-state index contributed by atoms with van der Waals surface area (Å²) in [7, 11) is 3.49. The van der Waals surface area contributed by atoms with E-state index in [1.54, 1.807) is 19.0 Å². The Morgan fingerprint density at radius 2 is 2.06 bits per heavy atom. The van der Waals surface area contributed by atoms with E-state index >= 15 is 0 Å². The van der Waals surface area contributed by atoms with Crippen LogP contribution < -0.4 is 10.6 Å². The summed E-state index contributed by atoms with van der Waals surface area (Å²) in [5, 5.41) is 6.49. The first kappa shape index (κ1) is 13.8. The van der Waals surface area contributed by atoms with Crippen LogP contribution in [0.1, 0.15) is 26.2 Å². The Labute approximate surface area is 104 Å². The molecule has 0 aliphatic heterocycles. The highest BCUT2D eigenvalue weighted by Gasteiger charge is 2.21. The van der Waals surface area contributed by atoms with Crippen LogP contribution in [0.2, 0.25) is 0 Å². The summed E-state index contributed by atoms with van der Waals surface area (Å²) >= 11 is 0. The lowest BCUT2D eigenvalue weighted by Gasteiger charge is -2.12. The van der Waals surface area contributed by atoms with Crippen molar-refractivity contribution in [2.24, 2.45) is 10.9 Å². The van der Waals surface area contributed by atoms with Gasteiger partial charge in [0.25, 0.3) is 0 Å². The van der Waals surface area contributed by atoms with E-state index in [0.29, 0.717) is 0 Å². The molecule has 17 heavy (non-hydrogen) atoms. The van der Waals surface area contributed by atoms with Crippen LogP contribution in [-0.2, 0) is 4.79 Å². The van der Waals surface area contributed by atoms with Crippen LogP contribution in [0.25, 0.3) is 0 Å². The fourth-order valence-electron chi connectivity index (χ4n) is 1.27. The molecule has 1 saturated carbocycles. The van der Waals surface area contributed by atoms with Gasteiger partial charge < -0.3 is 15.5 Å². The van der Waals surface area contributed by atoms with Crippen LogP contribution in [0.15, 0.2) is 4.99 Å². The number of rotatable bonds is 6. The Balaban J connectivity index is 2.35. The molecule has 2 N–H and O–H groups in total. The highest BCUT2D eigenvalue weighted by molar-refractivity contribution is 5.84. The van der Waals surface area contributed by atoms with Crippen molar-refractivity contribution >= 4 is 11.9 Å². The van der Waals surface area contributed by atoms with E-state index in [2.05, 4.69) is 22.5 Å². The Bertz CT molecular complexity index is 272. The van der Waals surface area contributed by atoms with Crippen molar-refractivity contribution in [1.82, 2.24) is 15.5 Å². The lowest BCUT2D eigenvalue weighted by molar-refractivity contribution is -0.127. The average molecular weight is 240 g/mol. The molecule has 0 aromatic carbocycles. The Hall–Kier alpha value is -1.26. The molecule has 0 aromatic rings. The zero-order valence-electron chi connectivity index (χ0n) is 11.1. The van der Waals surface area contributed by atoms with E-state index in [9.17, 15) is 4.79 Å². The van der Waals surface area contributed by atoms with Crippen molar-refractivity contribution in [3.05, 3.63) is 0 Å². The molecule has 1 aliphatic carbocycles. The summed E-state index contributed by atoms with van der Waals surface area (Å²) in [5.74, 6) is 1.58. The van der Waals surface area contributed by atoms with Crippen molar-refractivity contribution in [2.45, 2.75) is 26.2 Å². The fraction of sp³-hybridized carbons (Fsp3) is 0.833. The number of hydrogen-bond donors (Lipinski definition) is 2. The number of carbonyl (C=O) groups is 1. The average Bonchev–Trinajstić information content (AvgIpc) is 3.11. The quantitative estimate of drug-likeness (QED) is 0.523. The molecule has 1 aliphatic rings. The van der Waals surface area contributed by atoms with Gasteiger partial charge in [0.2, 0.25) is 5.91 Å². The molecule has 98 valence electrons. The maximum atomic E-state index is 11.4. The molecular weight excluding hydrogens is 216 g/mol. The first-order valence-corrected chi connectivity index (χ1v) is 6.35. The SMILES string of the molecule is CCCNC(=NCC(=O)N(C)C)NCC1CC1. The van der Waals surface area contributed by atoms with Crippen LogP contribution in [-0.4, -0.2) is 50.5 Å². The number of guanidine groups is 1. The number of carbonyl (C=O) groups excluding carboxylic acids is 1. The number of likely N-dealkylation sites (N-methyl/N-ethyl adjacent to an activating group) is 1. The predicted molar refractivity (Wildman–Crippen MR) is 70.0 cm³/mol. The summed E-state index contributed by atoms with van der Waals surface area (Å²) in [6.45, 7) is 4.16. The summed E-state index contributed by atoms with van der Waals surface area (Å²) < 4.78 is 0. The molecule has 5 heteroatoms. The number of amides is 1. The smallest absolute Gasteiger partial charge is 0.243 e. The number of nitrogens with one attached hydrogen (secondary N) is 2. The first-order chi connectivity index (χ1) is 8.13. The van der Waals surface area contributed by atoms with E-state index in [4.69, 9.17) is 0 Å². The fourth-order valence-corrected chi connectivity index (χ4v) is 1.27. The van der Waals surface area contributed by atoms with Crippen LogP contribution in [0, 0.1) is 5.92 Å². The van der Waals surface area contributed by atoms with E-state index in [1.807, 2.05) is 0 Å². The van der Waals surface area contributed by atoms with Crippen molar-refractivity contribution in [2.75, 3.05) is 33.7 Å². The third-order valence-corrected chi connectivity index (χ3v) is 2.67. The molecule has 5 nitrogen and oxygen atoms in total. The zero-order chi connectivity index (χ0) is 12.7. The minimum atomic E-state index is 0.0222. The van der Waals surface area contributed by atoms with Gasteiger partial charge in [0, 0.05) is 27.2 Å². The van der Waals surface area contributed by atoms with Gasteiger partial charge in [-0.1, -0.05) is 6.92 Å². The van der Waals surface area contributed by atoms with Gasteiger partial charge in [-0.2, -0.15) is 0 Å². The molecule has 1 rings (SSSR count). The molecule has 0 saturated heterocycles. The predicted octanol–water partition coefficient (Wildman–Crippen LogP) is 0.430. The summed E-state index contributed by atoms with van der Waals surface area (Å²) in [5.41, 5.74) is 0. The van der Waals surface area contributed by atoms with Gasteiger partial charge in [0.05, 0.1) is 0 Å². The number of hydrogen-bond acceptors (Lipinski definition) is 2. The lowest BCUT2D eigenvalue weighted by Crippen LogP contribution is -2.39. The first-order valence-electron chi connectivity index (χ1n) is 6.35. The molecular formula is C12H24N4O. The highest BCUT2D eigenvalue weighted by Crippen LogP contribution is 2.27. The van der Waals surface area contributed by atoms with Gasteiger partial charge in [-0.3, -0.25) is 4.79 Å². The minimum absolute atomic E-state index is 0.0222. The molecule has 0 aromatic heterocycles. The topological polar surface area (TPSA) is 56.7 Å². The normalized spacial score (nSPS) is 15.6. The van der Waals surface area contributed by atoms with Crippen molar-refractivity contribution < 1.29 is 4.79 Å². The molecule has 0 unspecified atom stereocenters. The van der Waals surface area contributed by atoms with Crippen LogP contribution >= 0.6 is 0 Å². The van der Waals surface area contributed by atoms with Crippen LogP contribution in [0.3, 0.4) is 0 Å². The Morgan fingerprint density at radius 1 is 1.35 bits per heavy atom. The second-order valence-corrected chi connectivity index (χ2v) is 4.70.